The molecule has 0 radical (unpaired) electrons. The maximum Gasteiger partial charge on any atom is 0.260 e. The van der Waals surface area contributed by atoms with Crippen molar-refractivity contribution < 1.29 is 19.1 Å². The molecule has 4 rings (SSSR count). The fraction of sp³-hybridized carbons (Fsp3) is 0.417. The van der Waals surface area contributed by atoms with Crippen molar-refractivity contribution >= 4 is 29.1 Å². The summed E-state index contributed by atoms with van der Waals surface area (Å²) in [5.41, 5.74) is 1.73. The van der Waals surface area contributed by atoms with E-state index in [0.29, 0.717) is 29.5 Å². The van der Waals surface area contributed by atoms with Gasteiger partial charge in [0.2, 0.25) is 5.91 Å². The van der Waals surface area contributed by atoms with E-state index < -0.39 is 0 Å². The number of ether oxygens (including phenoxy) is 2. The Balaban J connectivity index is 1.23. The summed E-state index contributed by atoms with van der Waals surface area (Å²) in [5.74, 6) is 1.53. The highest BCUT2D eigenvalue weighted by atomic mass is 35.5. The van der Waals surface area contributed by atoms with Gasteiger partial charge in [-0.3, -0.25) is 14.5 Å². The molecular weight excluding hydrogens is 430 g/mol. The molecule has 1 aliphatic heterocycles. The van der Waals surface area contributed by atoms with Gasteiger partial charge in [0.05, 0.1) is 7.11 Å². The zero-order chi connectivity index (χ0) is 22.5. The van der Waals surface area contributed by atoms with E-state index in [0.717, 1.165) is 43.8 Å². The quantitative estimate of drug-likeness (QED) is 0.657. The smallest absolute Gasteiger partial charge is 0.260 e. The van der Waals surface area contributed by atoms with Crippen molar-refractivity contribution in [3.8, 4) is 11.5 Å². The number of carbonyl (C=O) groups is 2. The van der Waals surface area contributed by atoms with E-state index in [4.69, 9.17) is 21.1 Å². The number of nitrogens with zero attached hydrogens (tertiary/aromatic N) is 2. The van der Waals surface area contributed by atoms with Gasteiger partial charge in [0.15, 0.2) is 6.61 Å². The number of benzene rings is 2. The third-order valence-corrected chi connectivity index (χ3v) is 6.01. The molecular formula is C24H28ClN3O4. The molecule has 2 fully saturated rings. The number of anilines is 1. The third kappa shape index (κ3) is 5.93. The predicted molar refractivity (Wildman–Crippen MR) is 123 cm³/mol. The molecule has 1 saturated carbocycles. The fourth-order valence-corrected chi connectivity index (χ4v) is 3.95. The van der Waals surface area contributed by atoms with Crippen molar-refractivity contribution in [1.29, 1.82) is 0 Å². The first-order valence-electron chi connectivity index (χ1n) is 10.9. The molecule has 32 heavy (non-hydrogen) atoms. The summed E-state index contributed by atoms with van der Waals surface area (Å²) in [6.07, 6.45) is 1.91. The van der Waals surface area contributed by atoms with E-state index in [1.807, 2.05) is 35.2 Å². The molecule has 1 aliphatic carbocycles. The first-order valence-corrected chi connectivity index (χ1v) is 11.3. The van der Waals surface area contributed by atoms with Gasteiger partial charge in [0, 0.05) is 61.0 Å². The Kier molecular flexibility index (Phi) is 7.17. The van der Waals surface area contributed by atoms with Crippen LogP contribution in [0.15, 0.2) is 42.5 Å². The maximum absolute atomic E-state index is 12.6. The highest BCUT2D eigenvalue weighted by molar-refractivity contribution is 6.30. The molecule has 2 aliphatic rings. The monoisotopic (exact) mass is 457 g/mol. The largest absolute Gasteiger partial charge is 0.496 e. The van der Waals surface area contributed by atoms with Crippen LogP contribution in [0, 0.1) is 5.92 Å². The molecule has 1 N–H and O–H groups in total. The van der Waals surface area contributed by atoms with E-state index in [1.54, 1.807) is 19.2 Å². The topological polar surface area (TPSA) is 71.1 Å². The van der Waals surface area contributed by atoms with Gasteiger partial charge in [-0.2, -0.15) is 0 Å². The van der Waals surface area contributed by atoms with Crippen LogP contribution in [0.25, 0.3) is 0 Å². The Morgan fingerprint density at radius 3 is 2.59 bits per heavy atom. The van der Waals surface area contributed by atoms with Gasteiger partial charge in [-0.15, -0.1) is 0 Å². The molecule has 2 amide bonds. The van der Waals surface area contributed by atoms with Crippen LogP contribution in [-0.4, -0.2) is 61.5 Å². The molecule has 0 aromatic heterocycles. The zero-order valence-corrected chi connectivity index (χ0v) is 18.9. The number of rotatable bonds is 8. The Labute approximate surface area is 193 Å². The number of hydrogen-bond acceptors (Lipinski definition) is 5. The summed E-state index contributed by atoms with van der Waals surface area (Å²) in [6, 6.07) is 12.8. The van der Waals surface area contributed by atoms with Crippen LogP contribution in [0.2, 0.25) is 5.02 Å². The molecule has 170 valence electrons. The minimum Gasteiger partial charge on any atom is -0.496 e. The maximum atomic E-state index is 12.6. The molecule has 8 heteroatoms. The molecule has 0 spiro atoms. The summed E-state index contributed by atoms with van der Waals surface area (Å²) in [7, 11) is 1.65. The number of hydrogen-bond donors (Lipinski definition) is 1. The lowest BCUT2D eigenvalue weighted by atomic mass is 10.1. The van der Waals surface area contributed by atoms with E-state index in [1.165, 1.54) is 0 Å². The number of nitrogens with one attached hydrogen (secondary N) is 1. The second-order valence-corrected chi connectivity index (χ2v) is 8.63. The summed E-state index contributed by atoms with van der Waals surface area (Å²) < 4.78 is 11.1. The van der Waals surface area contributed by atoms with Gasteiger partial charge in [0.25, 0.3) is 5.91 Å². The molecule has 2 aromatic carbocycles. The van der Waals surface area contributed by atoms with Crippen molar-refractivity contribution in [3.05, 3.63) is 53.1 Å². The minimum absolute atomic E-state index is 0.0257. The molecule has 1 heterocycles. The van der Waals surface area contributed by atoms with E-state index in [2.05, 4.69) is 10.2 Å². The first kappa shape index (κ1) is 22.4. The predicted octanol–water partition coefficient (Wildman–Crippen LogP) is 3.42. The number of halogens is 1. The average molecular weight is 458 g/mol. The van der Waals surface area contributed by atoms with Crippen LogP contribution in [-0.2, 0) is 16.1 Å². The van der Waals surface area contributed by atoms with Crippen LogP contribution in [0.1, 0.15) is 18.4 Å². The van der Waals surface area contributed by atoms with Crippen molar-refractivity contribution in [2.45, 2.75) is 19.4 Å². The molecule has 1 saturated heterocycles. The van der Waals surface area contributed by atoms with Gasteiger partial charge in [0.1, 0.15) is 11.5 Å². The summed E-state index contributed by atoms with van der Waals surface area (Å²) in [5, 5.41) is 3.58. The van der Waals surface area contributed by atoms with Crippen molar-refractivity contribution in [2.24, 2.45) is 5.92 Å². The molecule has 0 bridgehead atoms. The van der Waals surface area contributed by atoms with Crippen molar-refractivity contribution in [2.75, 3.05) is 45.2 Å². The number of carbonyl (C=O) groups excluding carboxylic acids is 2. The Bertz CT molecular complexity index is 971. The van der Waals surface area contributed by atoms with Gasteiger partial charge in [-0.25, -0.2) is 0 Å². The third-order valence-electron chi connectivity index (χ3n) is 5.77. The lowest BCUT2D eigenvalue weighted by molar-refractivity contribution is -0.135. The van der Waals surface area contributed by atoms with Crippen LogP contribution in [0.5, 0.6) is 11.5 Å². The van der Waals surface area contributed by atoms with E-state index in [9.17, 15) is 9.59 Å². The second-order valence-electron chi connectivity index (χ2n) is 8.19. The average Bonchev–Trinajstić information content (AvgIpc) is 3.64. The first-order chi connectivity index (χ1) is 15.5. The number of piperazine rings is 1. The Morgan fingerprint density at radius 2 is 1.88 bits per heavy atom. The normalized spacial score (nSPS) is 16.5. The summed E-state index contributed by atoms with van der Waals surface area (Å²) >= 11 is 6.13. The molecule has 0 atom stereocenters. The van der Waals surface area contributed by atoms with E-state index in [-0.39, 0.29) is 24.3 Å². The molecule has 7 nitrogen and oxygen atoms in total. The fourth-order valence-electron chi connectivity index (χ4n) is 3.76. The standard InChI is InChI=1S/C24H28ClN3O4/c1-31-22-8-7-19(25)13-18(22)15-27-9-11-28(12-10-27)23(29)16-32-21-4-2-3-20(14-21)26-24(30)17-5-6-17/h2-4,7-8,13-14,17H,5-6,9-12,15-16H2,1H3,(H,26,30). The van der Waals surface area contributed by atoms with Crippen LogP contribution < -0.4 is 14.8 Å². The lowest BCUT2D eigenvalue weighted by Gasteiger charge is -2.35. The van der Waals surface area contributed by atoms with Gasteiger partial charge in [-0.1, -0.05) is 17.7 Å². The highest BCUT2D eigenvalue weighted by Gasteiger charge is 2.29. The van der Waals surface area contributed by atoms with Gasteiger partial charge >= 0.3 is 0 Å². The van der Waals surface area contributed by atoms with Crippen LogP contribution in [0.3, 0.4) is 0 Å². The van der Waals surface area contributed by atoms with Gasteiger partial charge in [-0.05, 0) is 43.2 Å². The number of amides is 2. The summed E-state index contributed by atoms with van der Waals surface area (Å²) in [6.45, 7) is 3.52. The Hall–Kier alpha value is -2.77. The number of methoxy groups -OCH3 is 1. The van der Waals surface area contributed by atoms with Crippen molar-refractivity contribution in [3.63, 3.8) is 0 Å². The van der Waals surface area contributed by atoms with Crippen molar-refractivity contribution in [1.82, 2.24) is 9.80 Å². The SMILES string of the molecule is COc1ccc(Cl)cc1CN1CCN(C(=O)COc2cccc(NC(=O)C3CC3)c2)CC1. The van der Waals surface area contributed by atoms with E-state index >= 15 is 0 Å². The highest BCUT2D eigenvalue weighted by Crippen LogP contribution is 2.30. The zero-order valence-electron chi connectivity index (χ0n) is 18.2. The lowest BCUT2D eigenvalue weighted by Crippen LogP contribution is -2.49. The Morgan fingerprint density at radius 1 is 1.09 bits per heavy atom. The molecule has 0 unspecified atom stereocenters. The molecule has 2 aromatic rings. The second kappa shape index (κ2) is 10.2. The van der Waals surface area contributed by atoms with Crippen LogP contribution >= 0.6 is 11.6 Å². The van der Waals surface area contributed by atoms with Crippen LogP contribution in [0.4, 0.5) is 5.69 Å². The van der Waals surface area contributed by atoms with Gasteiger partial charge < -0.3 is 19.7 Å². The summed E-state index contributed by atoms with van der Waals surface area (Å²) in [4.78, 5) is 28.6. The minimum atomic E-state index is -0.0441.